The van der Waals surface area contributed by atoms with Gasteiger partial charge in [0, 0.05) is 6.07 Å². The van der Waals surface area contributed by atoms with E-state index in [2.05, 4.69) is 31.8 Å². The number of aromatic nitrogens is 1. The first-order chi connectivity index (χ1) is 11.9. The number of rotatable bonds is 4. The molecular formula is C19H34Cl3N3O3. The van der Waals surface area contributed by atoms with Crippen LogP contribution in [0.4, 0.5) is 0 Å². The smallest absolute Gasteiger partial charge is 0.235 e. The maximum Gasteiger partial charge on any atom is 0.235 e. The van der Waals surface area contributed by atoms with Crippen LogP contribution in [0.25, 0.3) is 0 Å². The van der Waals surface area contributed by atoms with Gasteiger partial charge in [0.1, 0.15) is 32.7 Å². The van der Waals surface area contributed by atoms with E-state index in [9.17, 15) is 5.11 Å². The van der Waals surface area contributed by atoms with Crippen LogP contribution in [0.2, 0.25) is 0 Å². The monoisotopic (exact) mass is 457 g/mol. The van der Waals surface area contributed by atoms with E-state index in [4.69, 9.17) is 9.47 Å². The van der Waals surface area contributed by atoms with Gasteiger partial charge in [0.2, 0.25) is 11.4 Å². The lowest BCUT2D eigenvalue weighted by Crippen LogP contribution is -3.13. The van der Waals surface area contributed by atoms with E-state index in [1.165, 1.54) is 15.5 Å². The molecule has 3 heterocycles. The van der Waals surface area contributed by atoms with Crippen molar-refractivity contribution in [2.24, 2.45) is 0 Å². The normalized spacial score (nSPS) is 18.5. The van der Waals surface area contributed by atoms with Crippen molar-refractivity contribution in [1.82, 2.24) is 0 Å². The minimum absolute atomic E-state index is 0. The molecule has 0 bridgehead atoms. The summed E-state index contributed by atoms with van der Waals surface area (Å²) in [4.78, 5) is 6.56. The Kier molecular flexibility index (Phi) is 12.2. The molecule has 28 heavy (non-hydrogen) atoms. The Morgan fingerprint density at radius 3 is 1.82 bits per heavy atom. The predicted octanol–water partition coefficient (Wildman–Crippen LogP) is -10.7. The fraction of sp³-hybridized carbons (Fsp3) is 0.737. The number of hydrogen-bond acceptors (Lipinski definition) is 3. The summed E-state index contributed by atoms with van der Waals surface area (Å²) in [5.41, 5.74) is 3.10. The van der Waals surface area contributed by atoms with Crippen LogP contribution in [0, 0.1) is 0 Å². The number of aromatic amines is 1. The van der Waals surface area contributed by atoms with Crippen molar-refractivity contribution in [3.63, 3.8) is 0 Å². The van der Waals surface area contributed by atoms with Gasteiger partial charge in [0.25, 0.3) is 0 Å². The summed E-state index contributed by atoms with van der Waals surface area (Å²) in [6, 6.07) is 2.18. The lowest BCUT2D eigenvalue weighted by Gasteiger charge is -2.25. The molecule has 6 nitrogen and oxygen atoms in total. The second kappa shape index (κ2) is 12.4. The highest BCUT2D eigenvalue weighted by Gasteiger charge is 2.32. The zero-order chi connectivity index (χ0) is 17.9. The predicted molar refractivity (Wildman–Crippen MR) is 93.8 cm³/mol. The summed E-state index contributed by atoms with van der Waals surface area (Å²) in [6.45, 7) is 15.7. The van der Waals surface area contributed by atoms with E-state index in [0.29, 0.717) is 5.75 Å². The zero-order valence-electron chi connectivity index (χ0n) is 17.0. The maximum atomic E-state index is 10.9. The van der Waals surface area contributed by atoms with Crippen molar-refractivity contribution >= 4 is 0 Å². The Bertz CT molecular complexity index is 588. The number of pyridine rings is 1. The summed E-state index contributed by atoms with van der Waals surface area (Å²) in [5.74, 6) is 0.437. The lowest BCUT2D eigenvalue weighted by atomic mass is 9.89. The molecule has 3 rings (SSSR count). The highest BCUT2D eigenvalue weighted by Crippen LogP contribution is 2.29. The molecule has 0 radical (unpaired) electrons. The van der Waals surface area contributed by atoms with Gasteiger partial charge in [-0.05, 0) is 0 Å². The minimum atomic E-state index is -0.116. The second-order valence-corrected chi connectivity index (χ2v) is 8.37. The molecule has 0 unspecified atom stereocenters. The third-order valence-corrected chi connectivity index (χ3v) is 5.21. The van der Waals surface area contributed by atoms with Gasteiger partial charge < -0.3 is 61.6 Å². The van der Waals surface area contributed by atoms with Crippen molar-refractivity contribution in [2.75, 3.05) is 52.6 Å². The lowest BCUT2D eigenvalue weighted by molar-refractivity contribution is -0.925. The average Bonchev–Trinajstić information content (AvgIpc) is 2.58. The number of aromatic hydroxyl groups is 1. The fourth-order valence-corrected chi connectivity index (χ4v) is 3.68. The SMILES string of the molecule is CC(C)(C)c1[nH+]c(C[NH+]2CCOCC2)cc(C[NH+]2CCOCC2)c1O.[Cl-].[Cl-].[Cl-]. The van der Waals surface area contributed by atoms with Crippen molar-refractivity contribution < 1.29 is 66.6 Å². The van der Waals surface area contributed by atoms with Crippen LogP contribution in [-0.4, -0.2) is 57.7 Å². The molecular weight excluding hydrogens is 425 g/mol. The molecule has 0 spiro atoms. The Morgan fingerprint density at radius 2 is 1.36 bits per heavy atom. The summed E-state index contributed by atoms with van der Waals surface area (Å²) in [6.07, 6.45) is 0. The van der Waals surface area contributed by atoms with Gasteiger partial charge in [-0.2, -0.15) is 0 Å². The van der Waals surface area contributed by atoms with Crippen LogP contribution >= 0.6 is 0 Å². The van der Waals surface area contributed by atoms with E-state index in [1.807, 2.05) is 0 Å². The largest absolute Gasteiger partial charge is 1.00 e. The van der Waals surface area contributed by atoms with Crippen molar-refractivity contribution in [1.29, 1.82) is 0 Å². The molecule has 0 saturated carbocycles. The molecule has 4 N–H and O–H groups in total. The first kappa shape index (κ1) is 27.7. The van der Waals surface area contributed by atoms with Gasteiger partial charge in [-0.25, -0.2) is 4.98 Å². The first-order valence-corrected chi connectivity index (χ1v) is 9.53. The van der Waals surface area contributed by atoms with Gasteiger partial charge in [-0.15, -0.1) is 0 Å². The maximum absolute atomic E-state index is 10.9. The number of morpholine rings is 2. The van der Waals surface area contributed by atoms with Gasteiger partial charge in [-0.1, -0.05) is 20.8 Å². The molecule has 0 atom stereocenters. The standard InChI is InChI=1S/C19H31N3O3.3ClH/c1-19(2,3)18-17(23)15(13-21-4-8-24-9-5-21)12-16(20-18)14-22-6-10-25-11-7-22;;;/h12,23H,4-11,13-14H2,1-3H3;3*1H. The molecule has 2 fully saturated rings. The van der Waals surface area contributed by atoms with Gasteiger partial charge in [0.15, 0.2) is 12.3 Å². The van der Waals surface area contributed by atoms with Crippen LogP contribution in [0.5, 0.6) is 5.75 Å². The Morgan fingerprint density at radius 1 is 0.893 bits per heavy atom. The number of H-pyrrole nitrogens is 1. The topological polar surface area (TPSA) is 61.7 Å². The number of hydrogen-bond donors (Lipinski definition) is 3. The van der Waals surface area contributed by atoms with Crippen molar-refractivity contribution in [3.05, 3.63) is 23.0 Å². The number of quaternary nitrogens is 2. The molecule has 0 amide bonds. The van der Waals surface area contributed by atoms with Gasteiger partial charge in [0.05, 0.1) is 37.4 Å². The number of halogens is 3. The fourth-order valence-electron chi connectivity index (χ4n) is 3.68. The summed E-state index contributed by atoms with van der Waals surface area (Å²) in [7, 11) is 0. The van der Waals surface area contributed by atoms with Crippen LogP contribution in [0.3, 0.4) is 0 Å². The highest BCUT2D eigenvalue weighted by molar-refractivity contribution is 5.36. The number of ether oxygens (including phenoxy) is 2. The van der Waals surface area contributed by atoms with Crippen molar-refractivity contribution in [2.45, 2.75) is 39.3 Å². The van der Waals surface area contributed by atoms with Gasteiger partial charge in [-0.3, -0.25) is 0 Å². The van der Waals surface area contributed by atoms with E-state index in [0.717, 1.165) is 77.0 Å². The van der Waals surface area contributed by atoms with E-state index < -0.39 is 0 Å². The number of nitrogens with one attached hydrogen (secondary N) is 3. The third-order valence-electron chi connectivity index (χ3n) is 5.21. The minimum Gasteiger partial charge on any atom is -1.00 e. The van der Waals surface area contributed by atoms with E-state index in [1.54, 1.807) is 0 Å². The average molecular weight is 459 g/mol. The molecule has 164 valence electrons. The first-order valence-electron chi connectivity index (χ1n) is 9.53. The summed E-state index contributed by atoms with van der Waals surface area (Å²) >= 11 is 0. The third kappa shape index (κ3) is 7.48. The molecule has 1 aromatic heterocycles. The molecule has 0 aromatic carbocycles. The molecule has 9 heteroatoms. The van der Waals surface area contributed by atoms with Crippen molar-refractivity contribution in [3.8, 4) is 5.75 Å². The second-order valence-electron chi connectivity index (χ2n) is 8.37. The summed E-state index contributed by atoms with van der Waals surface area (Å²) < 4.78 is 10.9. The quantitative estimate of drug-likeness (QED) is 0.420. The van der Waals surface area contributed by atoms with Crippen LogP contribution in [0.1, 0.15) is 37.7 Å². The highest BCUT2D eigenvalue weighted by atomic mass is 35.5. The van der Waals surface area contributed by atoms with Crippen LogP contribution in [-0.2, 0) is 28.0 Å². The molecule has 2 saturated heterocycles. The van der Waals surface area contributed by atoms with E-state index >= 15 is 0 Å². The molecule has 0 aliphatic carbocycles. The van der Waals surface area contributed by atoms with Crippen LogP contribution in [0.15, 0.2) is 6.07 Å². The zero-order valence-corrected chi connectivity index (χ0v) is 19.3. The molecule has 2 aliphatic heterocycles. The van der Waals surface area contributed by atoms with E-state index in [-0.39, 0.29) is 42.6 Å². The molecule has 1 aromatic rings. The Hall–Kier alpha value is -0.340. The Labute approximate surface area is 187 Å². The Balaban J connectivity index is 0.00000243. The summed E-state index contributed by atoms with van der Waals surface area (Å²) in [5, 5.41) is 10.9. The van der Waals surface area contributed by atoms with Gasteiger partial charge >= 0.3 is 0 Å². The molecule has 2 aliphatic rings. The van der Waals surface area contributed by atoms with Crippen LogP contribution < -0.4 is 52.0 Å².